The predicted octanol–water partition coefficient (Wildman–Crippen LogP) is 5.27. The summed E-state index contributed by atoms with van der Waals surface area (Å²) in [6, 6.07) is 27.4. The molecule has 0 fully saturated rings. The van der Waals surface area contributed by atoms with Gasteiger partial charge in [0, 0.05) is 10.6 Å². The van der Waals surface area contributed by atoms with Gasteiger partial charge in [0.25, 0.3) is 5.91 Å². The average molecular weight is 509 g/mol. The van der Waals surface area contributed by atoms with Crippen molar-refractivity contribution < 1.29 is 17.9 Å². The largest absolute Gasteiger partial charge is 0.492 e. The Morgan fingerprint density at radius 3 is 2.31 bits per heavy atom. The number of carbonyl (C=O) groups excluding carboxylic acids is 1. The maximum absolute atomic E-state index is 12.5. The van der Waals surface area contributed by atoms with Crippen LogP contribution < -0.4 is 14.4 Å². The zero-order valence-corrected chi connectivity index (χ0v) is 20.7. The summed E-state index contributed by atoms with van der Waals surface area (Å²) in [6.45, 7) is 0.743. The maximum Gasteiger partial charge on any atom is 0.251 e. The van der Waals surface area contributed by atoms with Gasteiger partial charge >= 0.3 is 0 Å². The van der Waals surface area contributed by atoms with Crippen molar-refractivity contribution >= 4 is 44.0 Å². The standard InChI is InChI=1S/C27H25ClN2O4S/c1-35(32,33)30(19-23-8-4-5-9-26(23)28)24-13-10-21(11-14-24)27(31)29-16-17-34-25-15-12-20-6-2-3-7-22(20)18-25/h2-15,18H,16-17,19H2,1H3,(H,29,31). The first-order valence-electron chi connectivity index (χ1n) is 11.0. The molecule has 180 valence electrons. The molecule has 0 heterocycles. The van der Waals surface area contributed by atoms with Crippen LogP contribution in [0, 0.1) is 0 Å². The van der Waals surface area contributed by atoms with Crippen LogP contribution in [0.4, 0.5) is 5.69 Å². The summed E-state index contributed by atoms with van der Waals surface area (Å²) in [5, 5.41) is 5.53. The Labute approximate surface area is 210 Å². The Kier molecular flexibility index (Phi) is 7.58. The molecule has 4 aromatic carbocycles. The molecule has 0 aliphatic carbocycles. The van der Waals surface area contributed by atoms with Gasteiger partial charge in [0.05, 0.1) is 25.0 Å². The molecule has 6 nitrogen and oxygen atoms in total. The van der Waals surface area contributed by atoms with Gasteiger partial charge in [-0.15, -0.1) is 0 Å². The van der Waals surface area contributed by atoms with Crippen LogP contribution in [0.25, 0.3) is 10.8 Å². The first-order valence-corrected chi connectivity index (χ1v) is 13.2. The van der Waals surface area contributed by atoms with Gasteiger partial charge in [-0.2, -0.15) is 0 Å². The molecule has 0 aromatic heterocycles. The number of nitrogens with one attached hydrogen (secondary N) is 1. The fraction of sp³-hybridized carbons (Fsp3) is 0.148. The predicted molar refractivity (Wildman–Crippen MR) is 141 cm³/mol. The van der Waals surface area contributed by atoms with Crippen molar-refractivity contribution in [2.75, 3.05) is 23.7 Å². The third-order valence-corrected chi connectivity index (χ3v) is 6.98. The minimum absolute atomic E-state index is 0.0934. The van der Waals surface area contributed by atoms with Gasteiger partial charge < -0.3 is 10.1 Å². The maximum atomic E-state index is 12.5. The fourth-order valence-electron chi connectivity index (χ4n) is 3.65. The molecule has 4 rings (SSSR count). The van der Waals surface area contributed by atoms with Crippen LogP contribution in [0.5, 0.6) is 5.75 Å². The summed E-state index contributed by atoms with van der Waals surface area (Å²) in [5.41, 5.74) is 1.56. The number of halogens is 1. The minimum atomic E-state index is -3.57. The molecule has 0 atom stereocenters. The van der Waals surface area contributed by atoms with E-state index < -0.39 is 10.0 Å². The Morgan fingerprint density at radius 2 is 1.60 bits per heavy atom. The summed E-state index contributed by atoms with van der Waals surface area (Å²) < 4.78 is 31.9. The summed E-state index contributed by atoms with van der Waals surface area (Å²) in [7, 11) is -3.57. The molecule has 0 bridgehead atoms. The van der Waals surface area contributed by atoms with Gasteiger partial charge in [-0.1, -0.05) is 60.1 Å². The molecule has 0 saturated heterocycles. The van der Waals surface area contributed by atoms with E-state index in [9.17, 15) is 13.2 Å². The van der Waals surface area contributed by atoms with Gasteiger partial charge in [-0.25, -0.2) is 8.42 Å². The van der Waals surface area contributed by atoms with Crippen LogP contribution in [0.3, 0.4) is 0 Å². The topological polar surface area (TPSA) is 75.7 Å². The van der Waals surface area contributed by atoms with Crippen LogP contribution in [0.15, 0.2) is 91.0 Å². The summed E-state index contributed by atoms with van der Waals surface area (Å²) in [5.74, 6) is 0.470. The Bertz CT molecular complexity index is 1440. The summed E-state index contributed by atoms with van der Waals surface area (Å²) >= 11 is 6.21. The van der Waals surface area contributed by atoms with Gasteiger partial charge in [-0.05, 0) is 58.8 Å². The van der Waals surface area contributed by atoms with Crippen molar-refractivity contribution in [2.24, 2.45) is 0 Å². The lowest BCUT2D eigenvalue weighted by Crippen LogP contribution is -2.30. The highest BCUT2D eigenvalue weighted by molar-refractivity contribution is 7.92. The normalized spacial score (nSPS) is 11.3. The zero-order chi connectivity index (χ0) is 24.8. The number of anilines is 1. The third-order valence-electron chi connectivity index (χ3n) is 5.47. The van der Waals surface area contributed by atoms with E-state index in [2.05, 4.69) is 5.32 Å². The van der Waals surface area contributed by atoms with Crippen LogP contribution in [0.1, 0.15) is 15.9 Å². The van der Waals surface area contributed by atoms with E-state index in [4.69, 9.17) is 16.3 Å². The molecule has 4 aromatic rings. The number of hydrogen-bond donors (Lipinski definition) is 1. The van der Waals surface area contributed by atoms with Crippen LogP contribution in [-0.2, 0) is 16.6 Å². The molecule has 0 unspecified atom stereocenters. The molecule has 1 N–H and O–H groups in total. The molecular formula is C27H25ClN2O4S. The van der Waals surface area contributed by atoms with Gasteiger partial charge in [0.1, 0.15) is 12.4 Å². The Hall–Kier alpha value is -3.55. The van der Waals surface area contributed by atoms with Crippen molar-refractivity contribution in [1.29, 1.82) is 0 Å². The number of sulfonamides is 1. The number of amides is 1. The number of rotatable bonds is 9. The lowest BCUT2D eigenvalue weighted by atomic mass is 10.1. The number of fused-ring (bicyclic) bond motifs is 1. The van der Waals surface area contributed by atoms with Gasteiger partial charge in [0.2, 0.25) is 10.0 Å². The SMILES string of the molecule is CS(=O)(=O)N(Cc1ccccc1Cl)c1ccc(C(=O)NCCOc2ccc3ccccc3c2)cc1. The minimum Gasteiger partial charge on any atom is -0.492 e. The summed E-state index contributed by atoms with van der Waals surface area (Å²) in [4.78, 5) is 12.5. The number of hydrogen-bond acceptors (Lipinski definition) is 4. The lowest BCUT2D eigenvalue weighted by molar-refractivity contribution is 0.0947. The highest BCUT2D eigenvalue weighted by atomic mass is 35.5. The van der Waals surface area contributed by atoms with Crippen molar-refractivity contribution in [3.63, 3.8) is 0 Å². The lowest BCUT2D eigenvalue weighted by Gasteiger charge is -2.23. The molecule has 1 amide bonds. The molecule has 0 radical (unpaired) electrons. The van der Waals surface area contributed by atoms with E-state index >= 15 is 0 Å². The van der Waals surface area contributed by atoms with E-state index in [1.807, 2.05) is 42.5 Å². The second kappa shape index (κ2) is 10.8. The number of nitrogens with zero attached hydrogens (tertiary/aromatic N) is 1. The van der Waals surface area contributed by atoms with E-state index in [0.29, 0.717) is 35.0 Å². The fourth-order valence-corrected chi connectivity index (χ4v) is 4.73. The molecular weight excluding hydrogens is 484 g/mol. The monoisotopic (exact) mass is 508 g/mol. The van der Waals surface area contributed by atoms with E-state index in [1.165, 1.54) is 4.31 Å². The smallest absolute Gasteiger partial charge is 0.251 e. The number of benzene rings is 4. The van der Waals surface area contributed by atoms with E-state index in [-0.39, 0.29) is 12.5 Å². The Morgan fingerprint density at radius 1 is 0.914 bits per heavy atom. The average Bonchev–Trinajstić information content (AvgIpc) is 2.85. The summed E-state index contributed by atoms with van der Waals surface area (Å²) in [6.07, 6.45) is 1.14. The molecule has 8 heteroatoms. The molecule has 0 spiro atoms. The third kappa shape index (κ3) is 6.32. The molecule has 0 aliphatic heterocycles. The molecule has 35 heavy (non-hydrogen) atoms. The van der Waals surface area contributed by atoms with E-state index in [0.717, 1.165) is 22.8 Å². The second-order valence-electron chi connectivity index (χ2n) is 8.02. The van der Waals surface area contributed by atoms with E-state index in [1.54, 1.807) is 48.5 Å². The van der Waals surface area contributed by atoms with Crippen molar-refractivity contribution in [2.45, 2.75) is 6.54 Å². The zero-order valence-electron chi connectivity index (χ0n) is 19.1. The van der Waals surface area contributed by atoms with Gasteiger partial charge in [0.15, 0.2) is 0 Å². The first kappa shape index (κ1) is 24.6. The van der Waals surface area contributed by atoms with Crippen LogP contribution in [0.2, 0.25) is 5.02 Å². The molecule has 0 aliphatic rings. The Balaban J connectivity index is 1.35. The second-order valence-corrected chi connectivity index (χ2v) is 10.3. The van der Waals surface area contributed by atoms with Crippen LogP contribution in [-0.4, -0.2) is 33.7 Å². The van der Waals surface area contributed by atoms with Crippen molar-refractivity contribution in [3.8, 4) is 5.75 Å². The highest BCUT2D eigenvalue weighted by Gasteiger charge is 2.19. The first-order chi connectivity index (χ1) is 16.8. The quantitative estimate of drug-likeness (QED) is 0.312. The van der Waals surface area contributed by atoms with Crippen molar-refractivity contribution in [3.05, 3.63) is 107 Å². The highest BCUT2D eigenvalue weighted by Crippen LogP contribution is 2.25. The van der Waals surface area contributed by atoms with Crippen molar-refractivity contribution in [1.82, 2.24) is 5.32 Å². The molecule has 0 saturated carbocycles. The van der Waals surface area contributed by atoms with Crippen LogP contribution >= 0.6 is 11.6 Å². The number of carbonyl (C=O) groups is 1. The number of ether oxygens (including phenoxy) is 1. The van der Waals surface area contributed by atoms with Gasteiger partial charge in [-0.3, -0.25) is 9.10 Å².